The molecule has 316 valence electrons. The summed E-state index contributed by atoms with van der Waals surface area (Å²) in [5.41, 5.74) is 7.97. The van der Waals surface area contributed by atoms with E-state index in [1.807, 2.05) is 140 Å². The minimum atomic E-state index is -3.99. The van der Waals surface area contributed by atoms with Gasteiger partial charge in [0.25, 0.3) is 0 Å². The lowest BCUT2D eigenvalue weighted by atomic mass is 9.97. The molecule has 1 amide bonds. The summed E-state index contributed by atoms with van der Waals surface area (Å²) in [6, 6.07) is 48.1. The number of thioether (sulfide) groups is 1. The number of para-hydroxylation sites is 1. The van der Waals surface area contributed by atoms with Crippen LogP contribution in [0.25, 0.3) is 16.8 Å². The van der Waals surface area contributed by atoms with Gasteiger partial charge in [0.1, 0.15) is 6.04 Å². The second-order valence-electron chi connectivity index (χ2n) is 15.0. The molecule has 8 rings (SSSR count). The van der Waals surface area contributed by atoms with Crippen LogP contribution in [0.3, 0.4) is 0 Å². The standard InChI is InChI=1S/C48H46N6O6S2/c1-33-16-26-42(27-17-33)62(57,58)51-44(28-34-10-4-2-5-11-34)46(56)49-30-39-12-8-9-15-43(39)36-22-24-38(25-23-36)47-59-41(29-45(60-47)37-20-18-35(31-55)19-21-37)32-61-48-50-52-53-54(48)40-13-6-3-7-14-40/h2-27,41,44-45,47,51,55H,28-32H2,1H3,(H,49,56). The number of nitrogens with zero attached hydrogens (tertiary/aromatic N) is 4. The van der Waals surface area contributed by atoms with Gasteiger partial charge in [0.15, 0.2) is 6.29 Å². The highest BCUT2D eigenvalue weighted by Gasteiger charge is 2.33. The van der Waals surface area contributed by atoms with Crippen molar-refractivity contribution >= 4 is 27.7 Å². The summed E-state index contributed by atoms with van der Waals surface area (Å²) >= 11 is 1.52. The van der Waals surface area contributed by atoms with Crippen LogP contribution in [0.2, 0.25) is 0 Å². The summed E-state index contributed by atoms with van der Waals surface area (Å²) in [4.78, 5) is 13.9. The molecule has 12 nitrogen and oxygen atoms in total. The first-order valence-corrected chi connectivity index (χ1v) is 22.8. The quantitative estimate of drug-likeness (QED) is 0.0824. The fourth-order valence-electron chi connectivity index (χ4n) is 7.28. The number of nitrogens with one attached hydrogen (secondary N) is 2. The van der Waals surface area contributed by atoms with Gasteiger partial charge in [-0.25, -0.2) is 8.42 Å². The van der Waals surface area contributed by atoms with E-state index in [0.29, 0.717) is 17.3 Å². The van der Waals surface area contributed by atoms with Crippen LogP contribution in [0.5, 0.6) is 0 Å². The third-order valence-corrected chi connectivity index (χ3v) is 13.2. The van der Waals surface area contributed by atoms with E-state index in [0.717, 1.165) is 50.2 Å². The lowest BCUT2D eigenvalue weighted by Gasteiger charge is -2.36. The predicted octanol–water partition coefficient (Wildman–Crippen LogP) is 7.67. The average molecular weight is 867 g/mol. The number of ether oxygens (including phenoxy) is 2. The van der Waals surface area contributed by atoms with Crippen molar-refractivity contribution in [3.05, 3.63) is 191 Å². The van der Waals surface area contributed by atoms with Gasteiger partial charge in [-0.3, -0.25) is 4.79 Å². The van der Waals surface area contributed by atoms with Crippen LogP contribution in [-0.2, 0) is 43.9 Å². The summed E-state index contributed by atoms with van der Waals surface area (Å²) in [7, 11) is -3.99. The van der Waals surface area contributed by atoms with E-state index in [1.165, 1.54) is 23.9 Å². The Kier molecular flexibility index (Phi) is 13.6. The molecule has 7 aromatic rings. The van der Waals surface area contributed by atoms with Crippen molar-refractivity contribution in [1.29, 1.82) is 0 Å². The van der Waals surface area contributed by atoms with Crippen molar-refractivity contribution in [2.75, 3.05) is 5.75 Å². The topological polar surface area (TPSA) is 158 Å². The molecule has 4 atom stereocenters. The molecule has 0 bridgehead atoms. The number of amides is 1. The molecule has 3 N–H and O–H groups in total. The summed E-state index contributed by atoms with van der Waals surface area (Å²) in [5.74, 6) is 0.140. The fourth-order valence-corrected chi connectivity index (χ4v) is 9.39. The maximum Gasteiger partial charge on any atom is 0.241 e. The molecule has 1 fully saturated rings. The highest BCUT2D eigenvalue weighted by molar-refractivity contribution is 7.99. The first-order chi connectivity index (χ1) is 30.2. The lowest BCUT2D eigenvalue weighted by molar-refractivity contribution is -0.245. The van der Waals surface area contributed by atoms with Gasteiger partial charge in [-0.2, -0.15) is 9.40 Å². The maximum absolute atomic E-state index is 13.8. The number of carbonyl (C=O) groups excluding carboxylic acids is 1. The zero-order valence-corrected chi connectivity index (χ0v) is 35.6. The number of tetrazole rings is 1. The van der Waals surface area contributed by atoms with Gasteiger partial charge in [-0.05, 0) is 81.4 Å². The van der Waals surface area contributed by atoms with Crippen molar-refractivity contribution in [2.24, 2.45) is 0 Å². The lowest BCUT2D eigenvalue weighted by Crippen LogP contribution is -2.47. The van der Waals surface area contributed by atoms with Crippen LogP contribution in [0, 0.1) is 6.92 Å². The number of sulfonamides is 1. The van der Waals surface area contributed by atoms with E-state index in [4.69, 9.17) is 9.47 Å². The molecule has 1 saturated heterocycles. The van der Waals surface area contributed by atoms with E-state index in [-0.39, 0.29) is 36.7 Å². The number of aliphatic hydroxyl groups excluding tert-OH is 1. The molecule has 1 aromatic heterocycles. The number of aryl methyl sites for hydroxylation is 1. The second-order valence-corrected chi connectivity index (χ2v) is 17.7. The molecule has 0 radical (unpaired) electrons. The van der Waals surface area contributed by atoms with Gasteiger partial charge >= 0.3 is 0 Å². The van der Waals surface area contributed by atoms with Crippen LogP contribution >= 0.6 is 11.8 Å². The zero-order chi connectivity index (χ0) is 42.9. The van der Waals surface area contributed by atoms with Crippen molar-refractivity contribution < 1.29 is 27.8 Å². The minimum absolute atomic E-state index is 0.0420. The van der Waals surface area contributed by atoms with Crippen LogP contribution in [-0.4, -0.2) is 57.5 Å². The average Bonchev–Trinajstić information content (AvgIpc) is 3.79. The molecule has 6 aromatic carbocycles. The third kappa shape index (κ3) is 10.5. The molecule has 0 spiro atoms. The summed E-state index contributed by atoms with van der Waals surface area (Å²) in [6.45, 7) is 2.02. The van der Waals surface area contributed by atoms with E-state index in [1.54, 1.807) is 16.8 Å². The van der Waals surface area contributed by atoms with Crippen LogP contribution < -0.4 is 10.0 Å². The van der Waals surface area contributed by atoms with Crippen molar-refractivity contribution in [3.63, 3.8) is 0 Å². The normalized spacial score (nSPS) is 17.0. The van der Waals surface area contributed by atoms with Gasteiger partial charge in [0.2, 0.25) is 21.1 Å². The minimum Gasteiger partial charge on any atom is -0.392 e. The molecule has 62 heavy (non-hydrogen) atoms. The number of benzene rings is 6. The number of hydrogen-bond acceptors (Lipinski definition) is 10. The van der Waals surface area contributed by atoms with Gasteiger partial charge < -0.3 is 19.9 Å². The van der Waals surface area contributed by atoms with E-state index in [9.17, 15) is 18.3 Å². The number of hydrogen-bond donors (Lipinski definition) is 3. The van der Waals surface area contributed by atoms with E-state index in [2.05, 4.69) is 25.6 Å². The van der Waals surface area contributed by atoms with Gasteiger partial charge in [0.05, 0.1) is 29.4 Å². The fraction of sp³-hybridized carbons (Fsp3) is 0.208. The summed E-state index contributed by atoms with van der Waals surface area (Å²) < 4.78 is 44.5. The molecular formula is C48H46N6O6S2. The first-order valence-electron chi connectivity index (χ1n) is 20.3. The Morgan fingerprint density at radius 2 is 1.48 bits per heavy atom. The molecular weight excluding hydrogens is 821 g/mol. The molecule has 4 unspecified atom stereocenters. The Morgan fingerprint density at radius 1 is 0.806 bits per heavy atom. The summed E-state index contributed by atoms with van der Waals surface area (Å²) in [5, 5.41) is 25.7. The van der Waals surface area contributed by atoms with Crippen LogP contribution in [0.15, 0.2) is 168 Å². The highest BCUT2D eigenvalue weighted by atomic mass is 32.2. The van der Waals surface area contributed by atoms with Crippen molar-refractivity contribution in [2.45, 2.75) is 67.5 Å². The molecule has 14 heteroatoms. The first kappa shape index (κ1) is 42.7. The van der Waals surface area contributed by atoms with E-state index < -0.39 is 28.3 Å². The third-order valence-electron chi connectivity index (χ3n) is 10.6. The van der Waals surface area contributed by atoms with Gasteiger partial charge in [-0.15, -0.1) is 5.10 Å². The SMILES string of the molecule is Cc1ccc(S(=O)(=O)NC(Cc2ccccc2)C(=O)NCc2ccccc2-c2ccc(C3OC(CSc4nnnn4-c4ccccc4)CC(c4ccc(CO)cc4)O3)cc2)cc1. The van der Waals surface area contributed by atoms with Crippen molar-refractivity contribution in [1.82, 2.24) is 30.2 Å². The van der Waals surface area contributed by atoms with E-state index >= 15 is 0 Å². The van der Waals surface area contributed by atoms with Crippen LogP contribution in [0.1, 0.15) is 52.2 Å². The maximum atomic E-state index is 13.8. The molecule has 2 heterocycles. The Morgan fingerprint density at radius 3 is 2.21 bits per heavy atom. The van der Waals surface area contributed by atoms with Gasteiger partial charge in [-0.1, -0.05) is 151 Å². The van der Waals surface area contributed by atoms with Gasteiger partial charge in [0, 0.05) is 24.3 Å². The Hall–Kier alpha value is -6.00. The zero-order valence-electron chi connectivity index (χ0n) is 33.9. The molecule has 1 aliphatic heterocycles. The smallest absolute Gasteiger partial charge is 0.241 e. The number of aromatic nitrogens is 4. The Bertz CT molecular complexity index is 2670. The number of aliphatic hydroxyl groups is 1. The number of rotatable bonds is 16. The Labute approximate surface area is 365 Å². The monoisotopic (exact) mass is 866 g/mol. The van der Waals surface area contributed by atoms with Crippen molar-refractivity contribution in [3.8, 4) is 16.8 Å². The predicted molar refractivity (Wildman–Crippen MR) is 237 cm³/mol. The Balaban J connectivity index is 0.981. The summed E-state index contributed by atoms with van der Waals surface area (Å²) in [6.07, 6.45) is -0.374. The number of carbonyl (C=O) groups is 1. The molecule has 0 aliphatic carbocycles. The highest BCUT2D eigenvalue weighted by Crippen LogP contribution is 2.40. The second kappa shape index (κ2) is 19.8. The molecule has 0 saturated carbocycles. The largest absolute Gasteiger partial charge is 0.392 e. The van der Waals surface area contributed by atoms with Crippen LogP contribution in [0.4, 0.5) is 0 Å². The molecule has 1 aliphatic rings.